The summed E-state index contributed by atoms with van der Waals surface area (Å²) in [6, 6.07) is 4.64. The fraction of sp³-hybridized carbons (Fsp3) is 0.182. The lowest BCUT2D eigenvalue weighted by atomic mass is 10.2. The molecule has 0 atom stereocenters. The summed E-state index contributed by atoms with van der Waals surface area (Å²) in [6.45, 7) is 0. The van der Waals surface area contributed by atoms with E-state index in [1.807, 2.05) is 0 Å². The maximum Gasteiger partial charge on any atom is 0.316 e. The van der Waals surface area contributed by atoms with Crippen LogP contribution < -0.4 is 0 Å². The first-order valence-electron chi connectivity index (χ1n) is 4.81. The topological polar surface area (TPSA) is 52.1 Å². The van der Waals surface area contributed by atoms with E-state index in [4.69, 9.17) is 0 Å². The van der Waals surface area contributed by atoms with Crippen LogP contribution in [0.2, 0.25) is 0 Å². The highest BCUT2D eigenvalue weighted by Gasteiger charge is 2.09. The van der Waals surface area contributed by atoms with Gasteiger partial charge in [0.25, 0.3) is 0 Å². The molecule has 2 rings (SSSR count). The van der Waals surface area contributed by atoms with E-state index in [1.54, 1.807) is 12.1 Å². The van der Waals surface area contributed by atoms with Gasteiger partial charge in [-0.1, -0.05) is 17.8 Å². The van der Waals surface area contributed by atoms with Gasteiger partial charge in [-0.3, -0.25) is 4.79 Å². The SMILES string of the molecule is COC(=O)CSc1ncnc2c(F)cccc12. The minimum atomic E-state index is -0.398. The van der Waals surface area contributed by atoms with E-state index in [9.17, 15) is 9.18 Å². The summed E-state index contributed by atoms with van der Waals surface area (Å²) in [5.74, 6) is -0.609. The van der Waals surface area contributed by atoms with E-state index in [1.165, 1.54) is 31.3 Å². The van der Waals surface area contributed by atoms with Crippen LogP contribution in [0.5, 0.6) is 0 Å². The number of rotatable bonds is 3. The van der Waals surface area contributed by atoms with E-state index in [0.717, 1.165) is 0 Å². The number of benzene rings is 1. The Bertz CT molecular complexity index is 562. The number of hydrogen-bond donors (Lipinski definition) is 0. The highest BCUT2D eigenvalue weighted by Crippen LogP contribution is 2.25. The van der Waals surface area contributed by atoms with Crippen LogP contribution in [0.1, 0.15) is 0 Å². The highest BCUT2D eigenvalue weighted by molar-refractivity contribution is 8.00. The molecule has 0 aliphatic heterocycles. The van der Waals surface area contributed by atoms with Gasteiger partial charge >= 0.3 is 5.97 Å². The van der Waals surface area contributed by atoms with E-state index < -0.39 is 5.82 Å². The van der Waals surface area contributed by atoms with Gasteiger partial charge in [0.2, 0.25) is 0 Å². The zero-order valence-electron chi connectivity index (χ0n) is 9.01. The lowest BCUT2D eigenvalue weighted by Gasteiger charge is -2.04. The van der Waals surface area contributed by atoms with Gasteiger partial charge in [0.1, 0.15) is 22.7 Å². The van der Waals surface area contributed by atoms with Crippen molar-refractivity contribution in [3.8, 4) is 0 Å². The summed E-state index contributed by atoms with van der Waals surface area (Å²) in [4.78, 5) is 18.9. The van der Waals surface area contributed by atoms with Crippen LogP contribution in [0.4, 0.5) is 4.39 Å². The predicted octanol–water partition coefficient (Wildman–Crippen LogP) is 2.03. The van der Waals surface area contributed by atoms with Crippen molar-refractivity contribution in [1.82, 2.24) is 9.97 Å². The Balaban J connectivity index is 2.34. The Labute approximate surface area is 101 Å². The minimum absolute atomic E-state index is 0.138. The van der Waals surface area contributed by atoms with Crippen LogP contribution in [0.3, 0.4) is 0 Å². The second-order valence-electron chi connectivity index (χ2n) is 3.18. The molecule has 88 valence electrons. The van der Waals surface area contributed by atoms with Crippen molar-refractivity contribution < 1.29 is 13.9 Å². The normalized spacial score (nSPS) is 10.5. The van der Waals surface area contributed by atoms with Crippen molar-refractivity contribution in [3.05, 3.63) is 30.3 Å². The average Bonchev–Trinajstić information content (AvgIpc) is 2.36. The summed E-state index contributed by atoms with van der Waals surface area (Å²) in [5.41, 5.74) is 0.259. The molecule has 0 radical (unpaired) electrons. The summed E-state index contributed by atoms with van der Waals surface area (Å²) >= 11 is 1.20. The molecular formula is C11H9FN2O2S. The fourth-order valence-corrected chi connectivity index (χ4v) is 2.14. The van der Waals surface area contributed by atoms with Gasteiger partial charge in [0.15, 0.2) is 0 Å². The molecule has 0 spiro atoms. The van der Waals surface area contributed by atoms with Crippen molar-refractivity contribution in [2.45, 2.75) is 5.03 Å². The van der Waals surface area contributed by atoms with Crippen molar-refractivity contribution in [2.75, 3.05) is 12.9 Å². The molecule has 0 amide bonds. The van der Waals surface area contributed by atoms with E-state index in [-0.39, 0.29) is 17.2 Å². The first-order chi connectivity index (χ1) is 8.22. The van der Waals surface area contributed by atoms with Crippen LogP contribution in [0.15, 0.2) is 29.6 Å². The zero-order chi connectivity index (χ0) is 12.3. The number of carbonyl (C=O) groups excluding carboxylic acids is 1. The largest absolute Gasteiger partial charge is 0.468 e. The number of methoxy groups -OCH3 is 1. The molecule has 0 aliphatic rings. The smallest absolute Gasteiger partial charge is 0.316 e. The Hall–Kier alpha value is -1.69. The van der Waals surface area contributed by atoms with Crippen molar-refractivity contribution in [3.63, 3.8) is 0 Å². The van der Waals surface area contributed by atoms with Crippen molar-refractivity contribution >= 4 is 28.6 Å². The maximum atomic E-state index is 13.4. The van der Waals surface area contributed by atoms with Gasteiger partial charge in [-0.2, -0.15) is 0 Å². The molecule has 6 heteroatoms. The number of para-hydroxylation sites is 1. The molecule has 0 unspecified atom stereocenters. The molecule has 0 aliphatic carbocycles. The van der Waals surface area contributed by atoms with Gasteiger partial charge in [-0.15, -0.1) is 0 Å². The quantitative estimate of drug-likeness (QED) is 0.475. The Morgan fingerprint density at radius 3 is 3.06 bits per heavy atom. The number of halogens is 1. The van der Waals surface area contributed by atoms with Gasteiger partial charge in [0.05, 0.1) is 12.9 Å². The minimum Gasteiger partial charge on any atom is -0.468 e. The van der Waals surface area contributed by atoms with Gasteiger partial charge < -0.3 is 4.74 Å². The fourth-order valence-electron chi connectivity index (χ4n) is 1.33. The average molecular weight is 252 g/mol. The number of hydrogen-bond acceptors (Lipinski definition) is 5. The van der Waals surface area contributed by atoms with Crippen LogP contribution in [0, 0.1) is 5.82 Å². The molecule has 0 saturated heterocycles. The van der Waals surface area contributed by atoms with Crippen LogP contribution in [0.25, 0.3) is 10.9 Å². The number of esters is 1. The van der Waals surface area contributed by atoms with E-state index >= 15 is 0 Å². The summed E-state index contributed by atoms with van der Waals surface area (Å²) < 4.78 is 18.0. The van der Waals surface area contributed by atoms with Gasteiger partial charge in [-0.05, 0) is 12.1 Å². The molecule has 1 aromatic carbocycles. The molecule has 0 fully saturated rings. The number of carbonyl (C=O) groups is 1. The second kappa shape index (κ2) is 5.09. The van der Waals surface area contributed by atoms with Crippen molar-refractivity contribution in [2.24, 2.45) is 0 Å². The predicted molar refractivity (Wildman–Crippen MR) is 62.2 cm³/mol. The van der Waals surface area contributed by atoms with Crippen LogP contribution in [-0.2, 0) is 9.53 Å². The molecule has 17 heavy (non-hydrogen) atoms. The zero-order valence-corrected chi connectivity index (χ0v) is 9.83. The lowest BCUT2D eigenvalue weighted by molar-refractivity contribution is -0.137. The molecule has 0 bridgehead atoms. The third kappa shape index (κ3) is 2.52. The maximum absolute atomic E-state index is 13.4. The van der Waals surface area contributed by atoms with Crippen LogP contribution >= 0.6 is 11.8 Å². The Kier molecular flexibility index (Phi) is 3.53. The lowest BCUT2D eigenvalue weighted by Crippen LogP contribution is -2.03. The highest BCUT2D eigenvalue weighted by atomic mass is 32.2. The molecule has 2 aromatic rings. The summed E-state index contributed by atoms with van der Waals surface area (Å²) in [7, 11) is 1.32. The molecule has 1 heterocycles. The Morgan fingerprint density at radius 2 is 2.29 bits per heavy atom. The number of thioether (sulfide) groups is 1. The molecule has 4 nitrogen and oxygen atoms in total. The monoisotopic (exact) mass is 252 g/mol. The third-order valence-electron chi connectivity index (χ3n) is 2.13. The van der Waals surface area contributed by atoms with E-state index in [2.05, 4.69) is 14.7 Å². The summed E-state index contributed by atoms with van der Waals surface area (Å²) in [6.07, 6.45) is 1.28. The molecule has 0 N–H and O–H groups in total. The second-order valence-corrected chi connectivity index (χ2v) is 4.14. The first kappa shape index (κ1) is 11.8. The van der Waals surface area contributed by atoms with Crippen molar-refractivity contribution in [1.29, 1.82) is 0 Å². The standard InChI is InChI=1S/C11H9FN2O2S/c1-16-9(15)5-17-11-7-3-2-4-8(12)10(7)13-6-14-11/h2-4,6H,5H2,1H3. The summed E-state index contributed by atoms with van der Waals surface area (Å²) in [5, 5.41) is 1.17. The molecular weight excluding hydrogens is 243 g/mol. The Morgan fingerprint density at radius 1 is 1.47 bits per heavy atom. The number of aromatic nitrogens is 2. The molecule has 0 saturated carbocycles. The van der Waals surface area contributed by atoms with Gasteiger partial charge in [0, 0.05) is 5.39 Å². The number of fused-ring (bicyclic) bond motifs is 1. The number of ether oxygens (including phenoxy) is 1. The van der Waals surface area contributed by atoms with Crippen LogP contribution in [-0.4, -0.2) is 28.8 Å². The number of nitrogens with zero attached hydrogens (tertiary/aromatic N) is 2. The molecule has 1 aromatic heterocycles. The first-order valence-corrected chi connectivity index (χ1v) is 5.80. The third-order valence-corrected chi connectivity index (χ3v) is 3.11. The van der Waals surface area contributed by atoms with Gasteiger partial charge in [-0.25, -0.2) is 14.4 Å². The van der Waals surface area contributed by atoms with E-state index in [0.29, 0.717) is 10.4 Å².